The van der Waals surface area contributed by atoms with Crippen LogP contribution in [0.2, 0.25) is 0 Å². The average molecular weight is 323 g/mol. The summed E-state index contributed by atoms with van der Waals surface area (Å²) in [6, 6.07) is 5.28. The Hall–Kier alpha value is -1.12. The Balaban J connectivity index is 0.00000264. The van der Waals surface area contributed by atoms with Crippen LogP contribution in [-0.4, -0.2) is 24.2 Å². The van der Waals surface area contributed by atoms with Gasteiger partial charge in [-0.05, 0) is 55.9 Å². The first-order valence-corrected chi connectivity index (χ1v) is 7.50. The number of halogens is 3. The molecule has 1 aromatic carbocycles. The van der Waals surface area contributed by atoms with E-state index in [1.807, 2.05) is 0 Å². The standard InChI is InChI=1S/C16H20F3NO2.Li.H/c17-16(18,19)13-4-6-14(7-5-13)20-10-8-12(9-11-20)2-1-3-15(21)22;;/h4-7,12H,1-3,8-11H2,(H,21,22);;/q;+1;-1. The van der Waals surface area contributed by atoms with Crippen LogP contribution in [0.1, 0.15) is 39.1 Å². The third kappa shape index (κ3) is 6.12. The first-order chi connectivity index (χ1) is 10.4. The Labute approximate surface area is 147 Å². The van der Waals surface area contributed by atoms with E-state index < -0.39 is 17.7 Å². The van der Waals surface area contributed by atoms with Crippen molar-refractivity contribution >= 4 is 11.7 Å². The summed E-state index contributed by atoms with van der Waals surface area (Å²) in [4.78, 5) is 12.6. The number of anilines is 1. The monoisotopic (exact) mass is 323 g/mol. The van der Waals surface area contributed by atoms with Crippen molar-refractivity contribution in [3.05, 3.63) is 29.8 Å². The number of aliphatic carboxylic acids is 1. The molecule has 124 valence electrons. The Morgan fingerprint density at radius 1 is 1.22 bits per heavy atom. The van der Waals surface area contributed by atoms with Crippen molar-refractivity contribution in [2.75, 3.05) is 18.0 Å². The quantitative estimate of drug-likeness (QED) is 0.830. The number of carboxylic acids is 1. The molecule has 0 unspecified atom stereocenters. The molecule has 0 aromatic heterocycles. The molecule has 3 nitrogen and oxygen atoms in total. The zero-order valence-electron chi connectivity index (χ0n) is 14.3. The van der Waals surface area contributed by atoms with E-state index in [-0.39, 0.29) is 26.7 Å². The first-order valence-electron chi connectivity index (χ1n) is 7.50. The van der Waals surface area contributed by atoms with Gasteiger partial charge < -0.3 is 11.4 Å². The summed E-state index contributed by atoms with van der Waals surface area (Å²) in [5.74, 6) is -0.243. The van der Waals surface area contributed by atoms with E-state index in [9.17, 15) is 18.0 Å². The molecule has 1 fully saturated rings. The molecule has 1 heterocycles. The number of hydrogen-bond acceptors (Lipinski definition) is 2. The molecule has 0 aliphatic carbocycles. The fourth-order valence-corrected chi connectivity index (χ4v) is 2.88. The number of carboxylic acid groups (broad SMARTS) is 1. The van der Waals surface area contributed by atoms with Gasteiger partial charge in [0.1, 0.15) is 0 Å². The molecule has 1 N–H and O–H groups in total. The Bertz CT molecular complexity index is 503. The van der Waals surface area contributed by atoms with E-state index >= 15 is 0 Å². The molecule has 1 aliphatic heterocycles. The largest absolute Gasteiger partial charge is 1.00 e. The van der Waals surface area contributed by atoms with E-state index in [1.165, 1.54) is 12.1 Å². The van der Waals surface area contributed by atoms with Crippen molar-refractivity contribution in [2.45, 2.75) is 38.3 Å². The number of carbonyl (C=O) groups is 1. The van der Waals surface area contributed by atoms with Gasteiger partial charge in [0.2, 0.25) is 0 Å². The smallest absolute Gasteiger partial charge is 1.00 e. The zero-order valence-corrected chi connectivity index (χ0v) is 13.3. The molecule has 0 bridgehead atoms. The van der Waals surface area contributed by atoms with Crippen LogP contribution in [0.25, 0.3) is 0 Å². The summed E-state index contributed by atoms with van der Waals surface area (Å²) in [5, 5.41) is 8.62. The summed E-state index contributed by atoms with van der Waals surface area (Å²) in [7, 11) is 0. The van der Waals surface area contributed by atoms with Gasteiger partial charge in [-0.3, -0.25) is 4.79 Å². The van der Waals surface area contributed by atoms with Gasteiger partial charge in [0.05, 0.1) is 5.56 Å². The van der Waals surface area contributed by atoms with Crippen LogP contribution in [0.5, 0.6) is 0 Å². The van der Waals surface area contributed by atoms with Gasteiger partial charge in [-0.15, -0.1) is 0 Å². The third-order valence-corrected chi connectivity index (χ3v) is 4.18. The van der Waals surface area contributed by atoms with Gasteiger partial charge in [-0.1, -0.05) is 0 Å². The molecule has 0 spiro atoms. The molecule has 23 heavy (non-hydrogen) atoms. The molecule has 7 heteroatoms. The molecule has 2 rings (SSSR count). The Morgan fingerprint density at radius 2 is 1.78 bits per heavy atom. The van der Waals surface area contributed by atoms with Crippen molar-refractivity contribution in [1.82, 2.24) is 0 Å². The van der Waals surface area contributed by atoms with Crippen LogP contribution in [-0.2, 0) is 11.0 Å². The number of nitrogens with zero attached hydrogens (tertiary/aromatic N) is 1. The van der Waals surface area contributed by atoms with E-state index in [0.29, 0.717) is 12.3 Å². The van der Waals surface area contributed by atoms with Crippen LogP contribution < -0.4 is 23.8 Å². The zero-order chi connectivity index (χ0) is 16.2. The maximum atomic E-state index is 12.5. The molecule has 1 saturated heterocycles. The van der Waals surface area contributed by atoms with E-state index in [1.54, 1.807) is 0 Å². The van der Waals surface area contributed by atoms with Gasteiger partial charge in [0.25, 0.3) is 0 Å². The van der Waals surface area contributed by atoms with Gasteiger partial charge >= 0.3 is 31.0 Å². The Morgan fingerprint density at radius 3 is 2.26 bits per heavy atom. The number of benzene rings is 1. The average Bonchev–Trinajstić information content (AvgIpc) is 2.47. The molecule has 0 atom stereocenters. The minimum atomic E-state index is -4.30. The third-order valence-electron chi connectivity index (χ3n) is 4.18. The fourth-order valence-electron chi connectivity index (χ4n) is 2.88. The molecule has 1 aliphatic rings. The maximum Gasteiger partial charge on any atom is 1.00 e. The van der Waals surface area contributed by atoms with Crippen LogP contribution >= 0.6 is 0 Å². The Kier molecular flexibility index (Phi) is 7.49. The van der Waals surface area contributed by atoms with Crippen LogP contribution in [0.15, 0.2) is 24.3 Å². The van der Waals surface area contributed by atoms with Crippen molar-refractivity contribution in [1.29, 1.82) is 0 Å². The fraction of sp³-hybridized carbons (Fsp3) is 0.562. The van der Waals surface area contributed by atoms with Crippen LogP contribution in [0, 0.1) is 5.92 Å². The van der Waals surface area contributed by atoms with E-state index in [4.69, 9.17) is 5.11 Å². The van der Waals surface area contributed by atoms with Gasteiger partial charge in [-0.2, -0.15) is 13.2 Å². The van der Waals surface area contributed by atoms with E-state index in [0.717, 1.165) is 50.2 Å². The predicted octanol–water partition coefficient (Wildman–Crippen LogP) is 1.29. The number of rotatable bonds is 5. The summed E-state index contributed by atoms with van der Waals surface area (Å²) in [6.07, 6.45) is -0.566. The second kappa shape index (κ2) is 8.65. The van der Waals surface area contributed by atoms with Gasteiger partial charge in [0, 0.05) is 25.2 Å². The minimum Gasteiger partial charge on any atom is -1.00 e. The SMILES string of the molecule is O=C(O)CCCC1CCN(c2ccc(C(F)(F)F)cc2)CC1.[H-].[Li+]. The van der Waals surface area contributed by atoms with Crippen molar-refractivity contribution < 1.29 is 43.4 Å². The number of hydrogen-bond donors (Lipinski definition) is 1. The predicted molar refractivity (Wildman–Crippen MR) is 79.0 cm³/mol. The second-order valence-electron chi connectivity index (χ2n) is 5.76. The second-order valence-corrected chi connectivity index (χ2v) is 5.76. The molecule has 1 aromatic rings. The molecule has 0 saturated carbocycles. The molecule has 0 amide bonds. The summed E-state index contributed by atoms with van der Waals surface area (Å²) >= 11 is 0. The number of piperidine rings is 1. The first kappa shape index (κ1) is 19.9. The van der Waals surface area contributed by atoms with Crippen LogP contribution in [0.4, 0.5) is 18.9 Å². The molecular weight excluding hydrogens is 302 g/mol. The van der Waals surface area contributed by atoms with Crippen molar-refractivity contribution in [3.8, 4) is 0 Å². The summed E-state index contributed by atoms with van der Waals surface area (Å²) in [5.41, 5.74) is 0.191. The normalized spacial score (nSPS) is 16.0. The van der Waals surface area contributed by atoms with Crippen molar-refractivity contribution in [2.24, 2.45) is 5.92 Å². The summed E-state index contributed by atoms with van der Waals surface area (Å²) in [6.45, 7) is 1.62. The van der Waals surface area contributed by atoms with Gasteiger partial charge in [-0.25, -0.2) is 0 Å². The molecule has 0 radical (unpaired) electrons. The maximum absolute atomic E-state index is 12.5. The minimum absolute atomic E-state index is 0. The van der Waals surface area contributed by atoms with E-state index in [2.05, 4.69) is 4.90 Å². The molecular formula is C16H21F3LiNO2. The topological polar surface area (TPSA) is 40.5 Å². The summed E-state index contributed by atoms with van der Waals surface area (Å²) < 4.78 is 37.6. The van der Waals surface area contributed by atoms with Crippen LogP contribution in [0.3, 0.4) is 0 Å². The van der Waals surface area contributed by atoms with Gasteiger partial charge in [0.15, 0.2) is 0 Å². The van der Waals surface area contributed by atoms with Crippen molar-refractivity contribution in [3.63, 3.8) is 0 Å². The number of alkyl halides is 3.